The SMILES string of the molecule is O=C(NCC1(c2cccc(Cl)c2)CCOCC1)C(O)c1ccc(Cl)cc1. The molecular formula is C20H21Cl2NO3. The standard InChI is InChI=1S/C20H21Cl2NO3/c21-16-6-4-14(5-7-16)18(24)19(25)23-13-20(8-10-26-11-9-20)15-2-1-3-17(22)12-15/h1-7,12,18,24H,8-11,13H2,(H,23,25). The van der Waals surface area contributed by atoms with Gasteiger partial charge in [-0.2, -0.15) is 0 Å². The molecule has 26 heavy (non-hydrogen) atoms. The molecule has 0 aromatic heterocycles. The van der Waals surface area contributed by atoms with E-state index < -0.39 is 12.0 Å². The van der Waals surface area contributed by atoms with Crippen molar-refractivity contribution >= 4 is 29.1 Å². The van der Waals surface area contributed by atoms with Gasteiger partial charge in [0.25, 0.3) is 5.91 Å². The van der Waals surface area contributed by atoms with Crippen LogP contribution in [0.25, 0.3) is 0 Å². The summed E-state index contributed by atoms with van der Waals surface area (Å²) in [6.45, 7) is 1.67. The van der Waals surface area contributed by atoms with Gasteiger partial charge in [-0.15, -0.1) is 0 Å². The Morgan fingerprint density at radius 2 is 1.81 bits per heavy atom. The van der Waals surface area contributed by atoms with E-state index in [1.54, 1.807) is 24.3 Å². The minimum absolute atomic E-state index is 0.251. The number of rotatable bonds is 5. The third kappa shape index (κ3) is 4.38. The van der Waals surface area contributed by atoms with Crippen molar-refractivity contribution in [2.75, 3.05) is 19.8 Å². The van der Waals surface area contributed by atoms with Gasteiger partial charge in [-0.25, -0.2) is 0 Å². The van der Waals surface area contributed by atoms with Crippen molar-refractivity contribution in [3.05, 3.63) is 69.7 Å². The van der Waals surface area contributed by atoms with E-state index in [-0.39, 0.29) is 5.41 Å². The van der Waals surface area contributed by atoms with Crippen LogP contribution in [-0.4, -0.2) is 30.8 Å². The van der Waals surface area contributed by atoms with Crippen molar-refractivity contribution in [1.29, 1.82) is 0 Å². The number of halogens is 2. The second kappa shape index (κ2) is 8.40. The Balaban J connectivity index is 1.73. The van der Waals surface area contributed by atoms with Crippen LogP contribution in [0, 0.1) is 0 Å². The molecule has 1 fully saturated rings. The fraction of sp³-hybridized carbons (Fsp3) is 0.350. The number of ether oxygens (including phenoxy) is 1. The van der Waals surface area contributed by atoms with E-state index in [1.165, 1.54) is 0 Å². The molecule has 4 nitrogen and oxygen atoms in total. The molecular weight excluding hydrogens is 373 g/mol. The highest BCUT2D eigenvalue weighted by Gasteiger charge is 2.35. The summed E-state index contributed by atoms with van der Waals surface area (Å²) >= 11 is 12.0. The zero-order chi connectivity index (χ0) is 18.6. The lowest BCUT2D eigenvalue weighted by Gasteiger charge is -2.38. The number of nitrogens with one attached hydrogen (secondary N) is 1. The summed E-state index contributed by atoms with van der Waals surface area (Å²) in [5.74, 6) is -0.430. The molecule has 1 aliphatic heterocycles. The topological polar surface area (TPSA) is 58.6 Å². The summed E-state index contributed by atoms with van der Waals surface area (Å²) in [6, 6.07) is 14.3. The van der Waals surface area contributed by atoms with Crippen LogP contribution in [0.3, 0.4) is 0 Å². The first-order chi connectivity index (χ1) is 12.5. The number of hydrogen-bond acceptors (Lipinski definition) is 3. The van der Waals surface area contributed by atoms with Gasteiger partial charge in [0, 0.05) is 35.2 Å². The minimum Gasteiger partial charge on any atom is -0.381 e. The van der Waals surface area contributed by atoms with Crippen LogP contribution in [-0.2, 0) is 14.9 Å². The number of aliphatic hydroxyl groups is 1. The monoisotopic (exact) mass is 393 g/mol. The third-order valence-corrected chi connectivity index (χ3v) is 5.41. The Hall–Kier alpha value is -1.59. The fourth-order valence-corrected chi connectivity index (χ4v) is 3.61. The average Bonchev–Trinajstić information content (AvgIpc) is 2.67. The van der Waals surface area contributed by atoms with Crippen LogP contribution >= 0.6 is 23.2 Å². The molecule has 1 aliphatic rings. The molecule has 1 atom stereocenters. The molecule has 6 heteroatoms. The number of benzene rings is 2. The number of aliphatic hydroxyl groups excluding tert-OH is 1. The highest BCUT2D eigenvalue weighted by molar-refractivity contribution is 6.30. The first-order valence-electron chi connectivity index (χ1n) is 8.55. The highest BCUT2D eigenvalue weighted by atomic mass is 35.5. The van der Waals surface area contributed by atoms with Crippen molar-refractivity contribution in [3.8, 4) is 0 Å². The van der Waals surface area contributed by atoms with Crippen molar-refractivity contribution in [2.45, 2.75) is 24.4 Å². The zero-order valence-electron chi connectivity index (χ0n) is 14.3. The Morgan fingerprint density at radius 3 is 2.46 bits per heavy atom. The van der Waals surface area contributed by atoms with E-state index in [4.69, 9.17) is 27.9 Å². The first kappa shape index (κ1) is 19.2. The largest absolute Gasteiger partial charge is 0.381 e. The van der Waals surface area contributed by atoms with Crippen molar-refractivity contribution in [1.82, 2.24) is 5.32 Å². The van der Waals surface area contributed by atoms with E-state index in [0.29, 0.717) is 35.4 Å². The Labute approximate surface area is 163 Å². The van der Waals surface area contributed by atoms with Gasteiger partial charge >= 0.3 is 0 Å². The van der Waals surface area contributed by atoms with Crippen molar-refractivity contribution in [3.63, 3.8) is 0 Å². The molecule has 0 bridgehead atoms. The van der Waals surface area contributed by atoms with Crippen LogP contribution < -0.4 is 5.32 Å². The predicted molar refractivity (Wildman–Crippen MR) is 103 cm³/mol. The van der Waals surface area contributed by atoms with Crippen molar-refractivity contribution in [2.24, 2.45) is 0 Å². The molecule has 2 N–H and O–H groups in total. The third-order valence-electron chi connectivity index (χ3n) is 4.92. The number of carbonyl (C=O) groups excluding carboxylic acids is 1. The number of amides is 1. The van der Waals surface area contributed by atoms with Gasteiger partial charge in [0.15, 0.2) is 6.10 Å². The maximum atomic E-state index is 12.5. The van der Waals surface area contributed by atoms with Gasteiger partial charge in [0.2, 0.25) is 0 Å². The molecule has 0 spiro atoms. The zero-order valence-corrected chi connectivity index (χ0v) is 15.8. The summed E-state index contributed by atoms with van der Waals surface area (Å²) in [6.07, 6.45) is 0.332. The summed E-state index contributed by atoms with van der Waals surface area (Å²) in [4.78, 5) is 12.5. The molecule has 1 heterocycles. The van der Waals surface area contributed by atoms with E-state index in [2.05, 4.69) is 5.32 Å². The second-order valence-corrected chi connectivity index (χ2v) is 7.45. The Kier molecular flexibility index (Phi) is 6.20. The van der Waals surface area contributed by atoms with Gasteiger partial charge in [-0.3, -0.25) is 4.79 Å². The van der Waals surface area contributed by atoms with Crippen LogP contribution in [0.2, 0.25) is 10.0 Å². The second-order valence-electron chi connectivity index (χ2n) is 6.57. The molecule has 3 rings (SSSR count). The summed E-state index contributed by atoms with van der Waals surface area (Å²) < 4.78 is 5.50. The molecule has 2 aromatic rings. The maximum Gasteiger partial charge on any atom is 0.253 e. The molecule has 0 saturated carbocycles. The predicted octanol–water partition coefficient (Wildman–Crippen LogP) is 3.89. The summed E-state index contributed by atoms with van der Waals surface area (Å²) in [7, 11) is 0. The highest BCUT2D eigenvalue weighted by Crippen LogP contribution is 2.35. The molecule has 1 unspecified atom stereocenters. The van der Waals surface area contributed by atoms with Crippen LogP contribution in [0.5, 0.6) is 0 Å². The Bertz CT molecular complexity index is 758. The summed E-state index contributed by atoms with van der Waals surface area (Å²) in [5.41, 5.74) is 1.34. The fourth-order valence-electron chi connectivity index (χ4n) is 3.30. The first-order valence-corrected chi connectivity index (χ1v) is 9.31. The van der Waals surface area contributed by atoms with Gasteiger partial charge < -0.3 is 15.2 Å². The summed E-state index contributed by atoms with van der Waals surface area (Å²) in [5, 5.41) is 14.4. The van der Waals surface area contributed by atoms with Crippen LogP contribution in [0.15, 0.2) is 48.5 Å². The van der Waals surface area contributed by atoms with E-state index in [0.717, 1.165) is 18.4 Å². The molecule has 2 aromatic carbocycles. The molecule has 138 valence electrons. The smallest absolute Gasteiger partial charge is 0.253 e. The van der Waals surface area contributed by atoms with E-state index in [9.17, 15) is 9.90 Å². The lowest BCUT2D eigenvalue weighted by atomic mass is 9.74. The number of carbonyl (C=O) groups is 1. The van der Waals surface area contributed by atoms with Gasteiger partial charge in [0.05, 0.1) is 0 Å². The molecule has 1 saturated heterocycles. The normalized spacial score (nSPS) is 17.5. The van der Waals surface area contributed by atoms with Crippen LogP contribution in [0.1, 0.15) is 30.1 Å². The molecule has 0 radical (unpaired) electrons. The van der Waals surface area contributed by atoms with Gasteiger partial charge in [0.1, 0.15) is 0 Å². The van der Waals surface area contributed by atoms with E-state index >= 15 is 0 Å². The maximum absolute atomic E-state index is 12.5. The lowest BCUT2D eigenvalue weighted by Crippen LogP contribution is -2.45. The minimum atomic E-state index is -1.23. The quantitative estimate of drug-likeness (QED) is 0.809. The van der Waals surface area contributed by atoms with Crippen molar-refractivity contribution < 1.29 is 14.6 Å². The number of hydrogen-bond donors (Lipinski definition) is 2. The van der Waals surface area contributed by atoms with Gasteiger partial charge in [-0.1, -0.05) is 47.5 Å². The Morgan fingerprint density at radius 1 is 1.12 bits per heavy atom. The van der Waals surface area contributed by atoms with Crippen LogP contribution in [0.4, 0.5) is 0 Å². The molecule has 0 aliphatic carbocycles. The molecule has 1 amide bonds. The van der Waals surface area contributed by atoms with E-state index in [1.807, 2.05) is 24.3 Å². The van der Waals surface area contributed by atoms with Gasteiger partial charge in [-0.05, 0) is 48.2 Å². The average molecular weight is 394 g/mol. The lowest BCUT2D eigenvalue weighted by molar-refractivity contribution is -0.130.